The van der Waals surface area contributed by atoms with E-state index in [-0.39, 0.29) is 12.5 Å². The first-order chi connectivity index (χ1) is 11.6. The number of aliphatic carboxylic acids is 1. The number of hydrogen-bond acceptors (Lipinski definition) is 4. The number of anilines is 2. The van der Waals surface area contributed by atoms with E-state index >= 15 is 0 Å². The number of nitrogens with zero attached hydrogens (tertiary/aromatic N) is 3. The zero-order chi connectivity index (χ0) is 17.1. The topological polar surface area (TPSA) is 73.7 Å². The van der Waals surface area contributed by atoms with Gasteiger partial charge in [-0.3, -0.25) is 9.59 Å². The fourth-order valence-corrected chi connectivity index (χ4v) is 2.82. The predicted molar refractivity (Wildman–Crippen MR) is 90.4 cm³/mol. The summed E-state index contributed by atoms with van der Waals surface area (Å²) in [7, 11) is 1.91. The van der Waals surface area contributed by atoms with Crippen molar-refractivity contribution in [1.82, 2.24) is 9.88 Å². The minimum absolute atomic E-state index is 0.167. The van der Waals surface area contributed by atoms with Crippen LogP contribution in [-0.4, -0.2) is 47.0 Å². The third-order valence-electron chi connectivity index (χ3n) is 4.31. The van der Waals surface area contributed by atoms with Gasteiger partial charge in [0.05, 0.1) is 11.5 Å². The van der Waals surface area contributed by atoms with Gasteiger partial charge in [0, 0.05) is 32.0 Å². The number of carboxylic acids is 1. The van der Waals surface area contributed by atoms with E-state index in [4.69, 9.17) is 5.11 Å². The molecular weight excluding hydrogens is 306 g/mol. The van der Waals surface area contributed by atoms with Crippen LogP contribution in [0.2, 0.25) is 0 Å². The van der Waals surface area contributed by atoms with Crippen molar-refractivity contribution in [2.75, 3.05) is 25.0 Å². The maximum Gasteiger partial charge on any atom is 0.308 e. The highest BCUT2D eigenvalue weighted by atomic mass is 16.4. The molecule has 124 valence electrons. The van der Waals surface area contributed by atoms with Gasteiger partial charge in [0.25, 0.3) is 5.91 Å². The zero-order valence-corrected chi connectivity index (χ0v) is 13.4. The Kier molecular flexibility index (Phi) is 4.46. The molecule has 6 nitrogen and oxygen atoms in total. The van der Waals surface area contributed by atoms with Gasteiger partial charge in [0.1, 0.15) is 5.82 Å². The minimum atomic E-state index is -0.844. The summed E-state index contributed by atoms with van der Waals surface area (Å²) in [6.07, 6.45) is 2.05. The molecule has 6 heteroatoms. The van der Waals surface area contributed by atoms with Crippen molar-refractivity contribution in [2.24, 2.45) is 5.92 Å². The van der Waals surface area contributed by atoms with E-state index < -0.39 is 11.9 Å². The number of carboxylic acid groups (broad SMARTS) is 1. The fourth-order valence-electron chi connectivity index (χ4n) is 2.82. The molecule has 0 spiro atoms. The molecule has 1 amide bonds. The van der Waals surface area contributed by atoms with Crippen LogP contribution in [0.1, 0.15) is 16.8 Å². The lowest BCUT2D eigenvalue weighted by atomic mass is 10.1. The minimum Gasteiger partial charge on any atom is -0.481 e. The largest absolute Gasteiger partial charge is 0.481 e. The molecule has 0 aliphatic carbocycles. The van der Waals surface area contributed by atoms with Crippen LogP contribution < -0.4 is 4.90 Å². The summed E-state index contributed by atoms with van der Waals surface area (Å²) in [5.41, 5.74) is 1.49. The third kappa shape index (κ3) is 3.22. The summed E-state index contributed by atoms with van der Waals surface area (Å²) in [6.45, 7) is 0.737. The van der Waals surface area contributed by atoms with E-state index in [2.05, 4.69) is 4.98 Å². The number of rotatable bonds is 4. The summed E-state index contributed by atoms with van der Waals surface area (Å²) in [5.74, 6) is -0.739. The lowest BCUT2D eigenvalue weighted by molar-refractivity contribution is -0.141. The Morgan fingerprint density at radius 2 is 1.96 bits per heavy atom. The first-order valence-electron chi connectivity index (χ1n) is 7.83. The lowest BCUT2D eigenvalue weighted by Gasteiger charge is -2.19. The maximum atomic E-state index is 12.4. The molecule has 1 saturated heterocycles. The maximum absolute atomic E-state index is 12.4. The number of carbonyl (C=O) groups is 2. The summed E-state index contributed by atoms with van der Waals surface area (Å²) in [6, 6.07) is 13.4. The van der Waals surface area contributed by atoms with Gasteiger partial charge in [-0.05, 0) is 30.7 Å². The number of amides is 1. The molecule has 1 aliphatic heterocycles. The average molecular weight is 325 g/mol. The third-order valence-corrected chi connectivity index (χ3v) is 4.31. The van der Waals surface area contributed by atoms with Crippen LogP contribution >= 0.6 is 0 Å². The summed E-state index contributed by atoms with van der Waals surface area (Å²) >= 11 is 0. The summed E-state index contributed by atoms with van der Waals surface area (Å²) < 4.78 is 0. The number of carbonyl (C=O) groups excluding carboxylic acids is 1. The van der Waals surface area contributed by atoms with E-state index in [9.17, 15) is 9.59 Å². The number of para-hydroxylation sites is 1. The van der Waals surface area contributed by atoms with Gasteiger partial charge in [-0.2, -0.15) is 0 Å². The fraction of sp³-hybridized carbons (Fsp3) is 0.278. The Bertz CT molecular complexity index is 731. The van der Waals surface area contributed by atoms with Crippen LogP contribution in [0.25, 0.3) is 0 Å². The van der Waals surface area contributed by atoms with Crippen LogP contribution in [0.5, 0.6) is 0 Å². The van der Waals surface area contributed by atoms with Gasteiger partial charge in [0.15, 0.2) is 0 Å². The number of benzene rings is 1. The lowest BCUT2D eigenvalue weighted by Crippen LogP contribution is -2.30. The Morgan fingerprint density at radius 1 is 1.21 bits per heavy atom. The average Bonchev–Trinajstić information content (AvgIpc) is 3.12. The highest BCUT2D eigenvalue weighted by Gasteiger charge is 2.31. The van der Waals surface area contributed by atoms with Gasteiger partial charge in [-0.25, -0.2) is 4.98 Å². The van der Waals surface area contributed by atoms with Gasteiger partial charge in [0.2, 0.25) is 0 Å². The van der Waals surface area contributed by atoms with E-state index in [0.29, 0.717) is 18.5 Å². The highest BCUT2D eigenvalue weighted by Crippen LogP contribution is 2.22. The first kappa shape index (κ1) is 16.0. The quantitative estimate of drug-likeness (QED) is 0.934. The smallest absolute Gasteiger partial charge is 0.308 e. The molecule has 24 heavy (non-hydrogen) atoms. The zero-order valence-electron chi connectivity index (χ0n) is 13.4. The van der Waals surface area contributed by atoms with Crippen LogP contribution in [-0.2, 0) is 4.79 Å². The van der Waals surface area contributed by atoms with Crippen molar-refractivity contribution in [1.29, 1.82) is 0 Å². The Labute approximate surface area is 140 Å². The van der Waals surface area contributed by atoms with Crippen molar-refractivity contribution in [3.63, 3.8) is 0 Å². The molecular formula is C18H19N3O3. The summed E-state index contributed by atoms with van der Waals surface area (Å²) in [4.78, 5) is 31.3. The molecule has 3 rings (SSSR count). The number of aromatic nitrogens is 1. The van der Waals surface area contributed by atoms with Crippen molar-refractivity contribution in [2.45, 2.75) is 6.42 Å². The molecule has 1 atom stereocenters. The molecule has 1 aromatic heterocycles. The van der Waals surface area contributed by atoms with Crippen molar-refractivity contribution < 1.29 is 14.7 Å². The summed E-state index contributed by atoms with van der Waals surface area (Å²) in [5, 5.41) is 9.03. The van der Waals surface area contributed by atoms with Gasteiger partial charge < -0.3 is 14.9 Å². The van der Waals surface area contributed by atoms with Crippen LogP contribution in [0.4, 0.5) is 11.5 Å². The van der Waals surface area contributed by atoms with Crippen LogP contribution in [0.3, 0.4) is 0 Å². The Hall–Kier alpha value is -2.89. The molecule has 0 radical (unpaired) electrons. The molecule has 0 bridgehead atoms. The number of likely N-dealkylation sites (tertiary alicyclic amines) is 1. The number of pyridine rings is 1. The molecule has 2 heterocycles. The van der Waals surface area contributed by atoms with Crippen LogP contribution in [0, 0.1) is 5.92 Å². The standard InChI is InChI=1S/C18H19N3O3/c1-20(15-5-3-2-4-6-15)16-8-7-13(11-19-16)17(22)21-10-9-14(12-21)18(23)24/h2-8,11,14H,9-10,12H2,1H3,(H,23,24). The van der Waals surface area contributed by atoms with Gasteiger partial charge in [-0.15, -0.1) is 0 Å². The van der Waals surface area contributed by atoms with Crippen LogP contribution in [0.15, 0.2) is 48.7 Å². The highest BCUT2D eigenvalue weighted by molar-refractivity contribution is 5.94. The second-order valence-electron chi connectivity index (χ2n) is 5.87. The molecule has 1 aromatic carbocycles. The van der Waals surface area contributed by atoms with E-state index in [0.717, 1.165) is 11.5 Å². The van der Waals surface area contributed by atoms with E-state index in [1.807, 2.05) is 42.3 Å². The second kappa shape index (κ2) is 6.70. The Morgan fingerprint density at radius 3 is 2.54 bits per heavy atom. The molecule has 1 aliphatic rings. The normalized spacial score (nSPS) is 16.9. The SMILES string of the molecule is CN(c1ccccc1)c1ccc(C(=O)N2CCC(C(=O)O)C2)cn1. The van der Waals surface area contributed by atoms with Gasteiger partial charge in [-0.1, -0.05) is 18.2 Å². The molecule has 1 fully saturated rings. The van der Waals surface area contributed by atoms with E-state index in [1.54, 1.807) is 23.2 Å². The molecule has 1 N–H and O–H groups in total. The first-order valence-corrected chi connectivity index (χ1v) is 7.83. The number of hydrogen-bond donors (Lipinski definition) is 1. The molecule has 1 unspecified atom stereocenters. The monoisotopic (exact) mass is 325 g/mol. The predicted octanol–water partition coefficient (Wildman–Crippen LogP) is 2.40. The van der Waals surface area contributed by atoms with E-state index in [1.165, 1.54) is 0 Å². The van der Waals surface area contributed by atoms with Crippen molar-refractivity contribution in [3.05, 3.63) is 54.2 Å². The Balaban J connectivity index is 1.71. The van der Waals surface area contributed by atoms with Crippen molar-refractivity contribution >= 4 is 23.4 Å². The molecule has 2 aromatic rings. The second-order valence-corrected chi connectivity index (χ2v) is 5.87. The van der Waals surface area contributed by atoms with Crippen molar-refractivity contribution in [3.8, 4) is 0 Å². The van der Waals surface area contributed by atoms with Gasteiger partial charge >= 0.3 is 5.97 Å². The molecule has 0 saturated carbocycles.